The number of hydrogen-bond acceptors (Lipinski definition) is 6. The van der Waals surface area contributed by atoms with Crippen molar-refractivity contribution in [3.63, 3.8) is 0 Å². The van der Waals surface area contributed by atoms with Crippen LogP contribution in [0, 0.1) is 0 Å². The maximum absolute atomic E-state index is 13.2. The van der Waals surface area contributed by atoms with Crippen LogP contribution >= 0.6 is 0 Å². The molecule has 1 fully saturated rings. The van der Waals surface area contributed by atoms with Crippen LogP contribution in [0.15, 0.2) is 41.4 Å². The number of nitrogens with two attached hydrogens (primary N) is 1. The molecule has 0 bridgehead atoms. The summed E-state index contributed by atoms with van der Waals surface area (Å²) in [6.07, 6.45) is -2.31. The maximum atomic E-state index is 13.2. The number of hydrogen-bond donors (Lipinski definition) is 1. The number of aromatic nitrogens is 1. The number of alkyl halides is 3. The number of primary sulfonamides is 1. The number of carbonyl (C=O) groups excluding carboxylic acids is 1. The first-order chi connectivity index (χ1) is 15.9. The largest absolute Gasteiger partial charge is 0.417 e. The fourth-order valence-corrected chi connectivity index (χ4v) is 5.10. The van der Waals surface area contributed by atoms with Crippen LogP contribution in [0.3, 0.4) is 0 Å². The lowest BCUT2D eigenvalue weighted by molar-refractivity contribution is -0.137. The molecule has 0 spiro atoms. The summed E-state index contributed by atoms with van der Waals surface area (Å²) >= 11 is 0. The summed E-state index contributed by atoms with van der Waals surface area (Å²) in [7, 11) is -3.82. The lowest BCUT2D eigenvalue weighted by Gasteiger charge is -2.27. The van der Waals surface area contributed by atoms with Crippen LogP contribution < -0.4 is 14.9 Å². The molecule has 2 aliphatic heterocycles. The van der Waals surface area contributed by atoms with Crippen LogP contribution in [0.1, 0.15) is 24.5 Å². The van der Waals surface area contributed by atoms with Gasteiger partial charge in [-0.3, -0.25) is 9.69 Å². The fraction of sp³-hybridized carbons (Fsp3) is 0.455. The lowest BCUT2D eigenvalue weighted by Crippen LogP contribution is -2.44. The van der Waals surface area contributed by atoms with Crippen molar-refractivity contribution in [1.82, 2.24) is 9.88 Å². The van der Waals surface area contributed by atoms with Gasteiger partial charge in [0.1, 0.15) is 5.82 Å². The summed E-state index contributed by atoms with van der Waals surface area (Å²) in [5.41, 5.74) is 0.674. The number of rotatable bonds is 4. The van der Waals surface area contributed by atoms with E-state index in [-0.39, 0.29) is 23.4 Å². The van der Waals surface area contributed by atoms with E-state index in [4.69, 9.17) is 5.14 Å². The molecular formula is C22H26F3N5O3S. The molecule has 0 radical (unpaired) electrons. The Bertz CT molecular complexity index is 1170. The Morgan fingerprint density at radius 1 is 1.15 bits per heavy atom. The van der Waals surface area contributed by atoms with Gasteiger partial charge in [0, 0.05) is 44.1 Å². The van der Waals surface area contributed by atoms with Crippen molar-refractivity contribution in [3.8, 4) is 0 Å². The van der Waals surface area contributed by atoms with E-state index in [0.29, 0.717) is 44.1 Å². The minimum atomic E-state index is -4.42. The molecule has 1 amide bonds. The number of nitrogens with zero attached hydrogens (tertiary/aromatic N) is 4. The molecule has 4 rings (SSSR count). The molecule has 34 heavy (non-hydrogen) atoms. The second-order valence-electron chi connectivity index (χ2n) is 8.67. The summed E-state index contributed by atoms with van der Waals surface area (Å²) in [6.45, 7) is 4.50. The van der Waals surface area contributed by atoms with E-state index in [1.165, 1.54) is 18.2 Å². The van der Waals surface area contributed by atoms with Crippen molar-refractivity contribution in [2.75, 3.05) is 42.5 Å². The molecule has 184 valence electrons. The number of pyridine rings is 1. The zero-order valence-electron chi connectivity index (χ0n) is 18.6. The SMILES string of the molecule is C[C@H]1Cc2cc(S(N)(=O)=O)ccc2N1C(=O)CN1CCCN(c2ccc(C(F)(F)F)cn2)CC1. The number of halogens is 3. The van der Waals surface area contributed by atoms with Crippen LogP contribution in [0.5, 0.6) is 0 Å². The lowest BCUT2D eigenvalue weighted by atomic mass is 10.1. The van der Waals surface area contributed by atoms with Crippen molar-refractivity contribution >= 4 is 27.4 Å². The van der Waals surface area contributed by atoms with E-state index in [0.717, 1.165) is 24.2 Å². The predicted octanol–water partition coefficient (Wildman–Crippen LogP) is 2.24. The van der Waals surface area contributed by atoms with Crippen molar-refractivity contribution < 1.29 is 26.4 Å². The van der Waals surface area contributed by atoms with E-state index in [1.807, 2.05) is 16.7 Å². The molecule has 2 aliphatic rings. The second kappa shape index (κ2) is 9.16. The zero-order valence-corrected chi connectivity index (χ0v) is 19.4. The molecule has 2 N–H and O–H groups in total. The molecule has 1 saturated heterocycles. The van der Waals surface area contributed by atoms with Gasteiger partial charge in [0.2, 0.25) is 15.9 Å². The molecule has 0 unspecified atom stereocenters. The topological polar surface area (TPSA) is 99.8 Å². The highest BCUT2D eigenvalue weighted by Gasteiger charge is 2.33. The Morgan fingerprint density at radius 2 is 1.91 bits per heavy atom. The quantitative estimate of drug-likeness (QED) is 0.696. The highest BCUT2D eigenvalue weighted by atomic mass is 32.2. The Kier molecular flexibility index (Phi) is 6.58. The predicted molar refractivity (Wildman–Crippen MR) is 121 cm³/mol. The highest BCUT2D eigenvalue weighted by Crippen LogP contribution is 2.34. The van der Waals surface area contributed by atoms with E-state index < -0.39 is 21.8 Å². The third-order valence-electron chi connectivity index (χ3n) is 6.21. The number of sulfonamides is 1. The number of amides is 1. The van der Waals surface area contributed by atoms with Crippen molar-refractivity contribution in [2.45, 2.75) is 36.9 Å². The Labute approximate surface area is 196 Å². The third kappa shape index (κ3) is 5.18. The number of anilines is 2. The van der Waals surface area contributed by atoms with Crippen LogP contribution in [-0.4, -0.2) is 63.0 Å². The molecule has 12 heteroatoms. The second-order valence-corrected chi connectivity index (χ2v) is 10.2. The summed E-state index contributed by atoms with van der Waals surface area (Å²) in [5.74, 6) is 0.393. The Morgan fingerprint density at radius 3 is 2.56 bits per heavy atom. The minimum absolute atomic E-state index is 0.0252. The van der Waals surface area contributed by atoms with Gasteiger partial charge in [-0.25, -0.2) is 18.5 Å². The molecule has 3 heterocycles. The van der Waals surface area contributed by atoms with E-state index in [9.17, 15) is 26.4 Å². The van der Waals surface area contributed by atoms with Crippen LogP contribution in [-0.2, 0) is 27.4 Å². The van der Waals surface area contributed by atoms with Crippen molar-refractivity contribution in [2.24, 2.45) is 5.14 Å². The van der Waals surface area contributed by atoms with E-state index in [1.54, 1.807) is 11.0 Å². The molecule has 2 aromatic rings. The minimum Gasteiger partial charge on any atom is -0.355 e. The molecule has 8 nitrogen and oxygen atoms in total. The standard InChI is InChI=1S/C22H26F3N5O3S/c1-15-11-16-12-18(34(26,32)33)4-5-19(16)30(15)21(31)14-28-7-2-8-29(10-9-28)20-6-3-17(13-27-20)22(23,24)25/h3-6,12-13,15H,2,7-11,14H2,1H3,(H2,26,32,33)/t15-/m0/s1. The Hall–Kier alpha value is -2.70. The fourth-order valence-electron chi connectivity index (χ4n) is 4.53. The summed E-state index contributed by atoms with van der Waals surface area (Å²) < 4.78 is 61.7. The van der Waals surface area contributed by atoms with Crippen molar-refractivity contribution in [1.29, 1.82) is 0 Å². The molecule has 0 saturated carbocycles. The van der Waals surface area contributed by atoms with Gasteiger partial charge in [-0.15, -0.1) is 0 Å². The van der Waals surface area contributed by atoms with E-state index in [2.05, 4.69) is 4.98 Å². The first kappa shape index (κ1) is 24.4. The number of benzene rings is 1. The average molecular weight is 498 g/mol. The molecule has 1 aromatic carbocycles. The summed E-state index contributed by atoms with van der Waals surface area (Å²) in [4.78, 5) is 22.8. The first-order valence-corrected chi connectivity index (χ1v) is 12.5. The summed E-state index contributed by atoms with van der Waals surface area (Å²) in [6, 6.07) is 6.85. The van der Waals surface area contributed by atoms with Gasteiger partial charge >= 0.3 is 6.18 Å². The first-order valence-electron chi connectivity index (χ1n) is 10.9. The number of fused-ring (bicyclic) bond motifs is 1. The van der Waals surface area contributed by atoms with Gasteiger partial charge in [0.15, 0.2) is 0 Å². The van der Waals surface area contributed by atoms with Crippen molar-refractivity contribution in [3.05, 3.63) is 47.7 Å². The molecular weight excluding hydrogens is 471 g/mol. The molecule has 1 aromatic heterocycles. The van der Waals surface area contributed by atoms with Gasteiger partial charge in [-0.05, 0) is 55.7 Å². The Balaban J connectivity index is 1.40. The number of carbonyl (C=O) groups is 1. The summed E-state index contributed by atoms with van der Waals surface area (Å²) in [5, 5.41) is 5.22. The zero-order chi connectivity index (χ0) is 24.7. The van der Waals surface area contributed by atoms with Crippen LogP contribution in [0.4, 0.5) is 24.7 Å². The van der Waals surface area contributed by atoms with Gasteiger partial charge in [0.25, 0.3) is 0 Å². The normalized spacial score (nSPS) is 19.7. The van der Waals surface area contributed by atoms with Gasteiger partial charge in [0.05, 0.1) is 17.0 Å². The van der Waals surface area contributed by atoms with Gasteiger partial charge in [-0.1, -0.05) is 0 Å². The highest BCUT2D eigenvalue weighted by molar-refractivity contribution is 7.89. The average Bonchev–Trinajstić information content (AvgIpc) is 2.92. The molecule has 1 atom stereocenters. The van der Waals surface area contributed by atoms with Crippen LogP contribution in [0.25, 0.3) is 0 Å². The van der Waals surface area contributed by atoms with Crippen LogP contribution in [0.2, 0.25) is 0 Å². The third-order valence-corrected chi connectivity index (χ3v) is 7.12. The smallest absolute Gasteiger partial charge is 0.355 e. The van der Waals surface area contributed by atoms with Gasteiger partial charge < -0.3 is 9.80 Å². The molecule has 0 aliphatic carbocycles. The maximum Gasteiger partial charge on any atom is 0.417 e. The van der Waals surface area contributed by atoms with Gasteiger partial charge in [-0.2, -0.15) is 13.2 Å². The monoisotopic (exact) mass is 497 g/mol. The van der Waals surface area contributed by atoms with E-state index >= 15 is 0 Å².